The van der Waals surface area contributed by atoms with Gasteiger partial charge in [0.25, 0.3) is 5.91 Å². The molecule has 8 heteroatoms. The zero-order valence-corrected chi connectivity index (χ0v) is 17.8. The van der Waals surface area contributed by atoms with Gasteiger partial charge in [-0.1, -0.05) is 22.0 Å². The fraction of sp³-hybridized carbons (Fsp3) is 0.316. The van der Waals surface area contributed by atoms with E-state index in [1.54, 1.807) is 39.0 Å². The number of anilines is 1. The van der Waals surface area contributed by atoms with E-state index in [-0.39, 0.29) is 23.0 Å². The number of esters is 1. The SMILES string of the molecule is CCOC(=O)c1c(NC(=O)[C@@H](C)Oc2cccc(Br)c2)sc(C(C)=O)c1C. The molecular formula is C19H20BrNO5S. The van der Waals surface area contributed by atoms with Gasteiger partial charge in [0.1, 0.15) is 10.8 Å². The lowest BCUT2D eigenvalue weighted by atomic mass is 10.1. The number of amides is 1. The third-order valence-corrected chi connectivity index (χ3v) is 5.46. The van der Waals surface area contributed by atoms with Crippen LogP contribution in [0.3, 0.4) is 0 Å². The van der Waals surface area contributed by atoms with Crippen molar-refractivity contribution in [2.45, 2.75) is 33.8 Å². The standard InChI is InChI=1S/C19H20BrNO5S/c1-5-25-19(24)15-10(2)16(11(3)22)27-18(15)21-17(23)12(4)26-14-8-6-7-13(20)9-14/h6-9,12H,5H2,1-4H3,(H,21,23)/t12-/m1/s1. The maximum Gasteiger partial charge on any atom is 0.341 e. The molecule has 1 aromatic heterocycles. The molecule has 0 saturated carbocycles. The maximum atomic E-state index is 12.5. The molecule has 0 saturated heterocycles. The van der Waals surface area contributed by atoms with Crippen LogP contribution in [0.25, 0.3) is 0 Å². The minimum atomic E-state index is -0.808. The number of hydrogen-bond acceptors (Lipinski definition) is 6. The number of ketones is 1. The molecule has 1 aromatic carbocycles. The molecule has 2 rings (SSSR count). The van der Waals surface area contributed by atoms with Crippen LogP contribution in [0.15, 0.2) is 28.7 Å². The van der Waals surface area contributed by atoms with Crippen LogP contribution in [0.2, 0.25) is 0 Å². The van der Waals surface area contributed by atoms with Crippen LogP contribution in [0.1, 0.15) is 46.4 Å². The third-order valence-electron chi connectivity index (χ3n) is 3.66. The van der Waals surface area contributed by atoms with Gasteiger partial charge in [-0.05, 0) is 51.5 Å². The molecular weight excluding hydrogens is 434 g/mol. The largest absolute Gasteiger partial charge is 0.481 e. The highest BCUT2D eigenvalue weighted by Crippen LogP contribution is 2.34. The number of halogens is 1. The molecule has 1 atom stereocenters. The van der Waals surface area contributed by atoms with Crippen LogP contribution >= 0.6 is 27.3 Å². The van der Waals surface area contributed by atoms with E-state index in [0.29, 0.717) is 16.2 Å². The number of benzene rings is 1. The van der Waals surface area contributed by atoms with E-state index in [1.807, 2.05) is 6.07 Å². The van der Waals surface area contributed by atoms with E-state index in [0.717, 1.165) is 15.8 Å². The lowest BCUT2D eigenvalue weighted by molar-refractivity contribution is -0.122. The lowest BCUT2D eigenvalue weighted by Crippen LogP contribution is -2.30. The number of carbonyl (C=O) groups excluding carboxylic acids is 3. The number of hydrogen-bond donors (Lipinski definition) is 1. The van der Waals surface area contributed by atoms with Crippen LogP contribution in [0.4, 0.5) is 5.00 Å². The number of carbonyl (C=O) groups is 3. The van der Waals surface area contributed by atoms with Crippen molar-refractivity contribution in [3.8, 4) is 5.75 Å². The Labute approximate surface area is 170 Å². The molecule has 1 heterocycles. The molecule has 0 fully saturated rings. The average molecular weight is 454 g/mol. The molecule has 0 aliphatic carbocycles. The molecule has 0 radical (unpaired) electrons. The monoisotopic (exact) mass is 453 g/mol. The molecule has 0 unspecified atom stereocenters. The Bertz CT molecular complexity index is 877. The summed E-state index contributed by atoms with van der Waals surface area (Å²) >= 11 is 4.40. The van der Waals surface area contributed by atoms with E-state index >= 15 is 0 Å². The van der Waals surface area contributed by atoms with E-state index in [4.69, 9.17) is 9.47 Å². The molecule has 0 bridgehead atoms. The van der Waals surface area contributed by atoms with Crippen LogP contribution in [-0.4, -0.2) is 30.4 Å². The van der Waals surface area contributed by atoms with Crippen molar-refractivity contribution in [2.75, 3.05) is 11.9 Å². The number of rotatable bonds is 7. The van der Waals surface area contributed by atoms with Crippen LogP contribution < -0.4 is 10.1 Å². The quantitative estimate of drug-likeness (QED) is 0.489. The topological polar surface area (TPSA) is 81.7 Å². The van der Waals surface area contributed by atoms with Crippen molar-refractivity contribution in [3.05, 3.63) is 44.7 Å². The Balaban J connectivity index is 2.24. The summed E-state index contributed by atoms with van der Waals surface area (Å²) in [5, 5.41) is 2.97. The summed E-state index contributed by atoms with van der Waals surface area (Å²) in [6.07, 6.45) is -0.808. The summed E-state index contributed by atoms with van der Waals surface area (Å²) < 4.78 is 11.5. The van der Waals surface area contributed by atoms with Gasteiger partial charge in [0.15, 0.2) is 11.9 Å². The van der Waals surface area contributed by atoms with Gasteiger partial charge in [0, 0.05) is 4.47 Å². The fourth-order valence-electron chi connectivity index (χ4n) is 2.40. The van der Waals surface area contributed by atoms with Crippen molar-refractivity contribution < 1.29 is 23.9 Å². The Morgan fingerprint density at radius 1 is 1.30 bits per heavy atom. The Hall–Kier alpha value is -2.19. The number of nitrogens with one attached hydrogen (secondary N) is 1. The Morgan fingerprint density at radius 2 is 2.00 bits per heavy atom. The van der Waals surface area contributed by atoms with E-state index < -0.39 is 18.0 Å². The van der Waals surface area contributed by atoms with Gasteiger partial charge in [-0.25, -0.2) is 4.79 Å². The molecule has 1 N–H and O–H groups in total. The fourth-order valence-corrected chi connectivity index (χ4v) is 3.87. The molecule has 144 valence electrons. The third kappa shape index (κ3) is 5.17. The highest BCUT2D eigenvalue weighted by atomic mass is 79.9. The first-order valence-electron chi connectivity index (χ1n) is 8.29. The Kier molecular flexibility index (Phi) is 7.15. The summed E-state index contributed by atoms with van der Waals surface area (Å²) in [7, 11) is 0. The van der Waals surface area contributed by atoms with Gasteiger partial charge >= 0.3 is 5.97 Å². The zero-order chi connectivity index (χ0) is 20.1. The van der Waals surface area contributed by atoms with Gasteiger partial charge in [-0.3, -0.25) is 9.59 Å². The highest BCUT2D eigenvalue weighted by molar-refractivity contribution is 9.10. The number of ether oxygens (including phenoxy) is 2. The highest BCUT2D eigenvalue weighted by Gasteiger charge is 2.26. The van der Waals surface area contributed by atoms with Crippen molar-refractivity contribution >= 4 is 49.9 Å². The van der Waals surface area contributed by atoms with Crippen LogP contribution in [0, 0.1) is 6.92 Å². The first kappa shape index (κ1) is 21.1. The molecule has 27 heavy (non-hydrogen) atoms. The normalized spacial score (nSPS) is 11.6. The average Bonchev–Trinajstić information content (AvgIpc) is 2.91. The maximum absolute atomic E-state index is 12.5. The molecule has 6 nitrogen and oxygen atoms in total. The first-order chi connectivity index (χ1) is 12.7. The van der Waals surface area contributed by atoms with Gasteiger partial charge < -0.3 is 14.8 Å². The van der Waals surface area contributed by atoms with Gasteiger partial charge in [-0.15, -0.1) is 11.3 Å². The number of Topliss-reactive ketones (excluding diaryl/α,β-unsaturated/α-hetero) is 1. The second-order valence-electron chi connectivity index (χ2n) is 5.74. The Morgan fingerprint density at radius 3 is 2.59 bits per heavy atom. The second-order valence-corrected chi connectivity index (χ2v) is 7.68. The van der Waals surface area contributed by atoms with Crippen LogP contribution in [0.5, 0.6) is 5.75 Å². The smallest absolute Gasteiger partial charge is 0.341 e. The summed E-state index contributed by atoms with van der Waals surface area (Å²) in [5.74, 6) is -0.655. The van der Waals surface area contributed by atoms with Gasteiger partial charge in [-0.2, -0.15) is 0 Å². The van der Waals surface area contributed by atoms with Crippen molar-refractivity contribution in [1.82, 2.24) is 0 Å². The summed E-state index contributed by atoms with van der Waals surface area (Å²) in [6.45, 7) is 6.57. The molecule has 2 aromatic rings. The van der Waals surface area contributed by atoms with Crippen molar-refractivity contribution in [3.63, 3.8) is 0 Å². The lowest BCUT2D eigenvalue weighted by Gasteiger charge is -2.15. The predicted molar refractivity (Wildman–Crippen MR) is 108 cm³/mol. The first-order valence-corrected chi connectivity index (χ1v) is 9.90. The molecule has 0 aliphatic rings. The van der Waals surface area contributed by atoms with Crippen LogP contribution in [-0.2, 0) is 9.53 Å². The van der Waals surface area contributed by atoms with E-state index in [9.17, 15) is 14.4 Å². The number of thiophene rings is 1. The van der Waals surface area contributed by atoms with E-state index in [2.05, 4.69) is 21.2 Å². The van der Waals surface area contributed by atoms with Gasteiger partial charge in [0.2, 0.25) is 0 Å². The summed E-state index contributed by atoms with van der Waals surface area (Å²) in [6, 6.07) is 7.13. The van der Waals surface area contributed by atoms with Gasteiger partial charge in [0.05, 0.1) is 17.0 Å². The minimum Gasteiger partial charge on any atom is -0.481 e. The molecule has 0 spiro atoms. The zero-order valence-electron chi connectivity index (χ0n) is 15.4. The summed E-state index contributed by atoms with van der Waals surface area (Å²) in [5.41, 5.74) is 0.705. The molecule has 1 amide bonds. The van der Waals surface area contributed by atoms with E-state index in [1.165, 1.54) is 6.92 Å². The van der Waals surface area contributed by atoms with Crippen molar-refractivity contribution in [2.24, 2.45) is 0 Å². The minimum absolute atomic E-state index is 0.179. The molecule has 0 aliphatic heterocycles. The summed E-state index contributed by atoms with van der Waals surface area (Å²) in [4.78, 5) is 37.1. The van der Waals surface area contributed by atoms with Crippen molar-refractivity contribution in [1.29, 1.82) is 0 Å². The second kappa shape index (κ2) is 9.14. The predicted octanol–water partition coefficient (Wildman–Crippen LogP) is 4.60.